The molecule has 1 saturated heterocycles. The van der Waals surface area contributed by atoms with Gasteiger partial charge >= 0.3 is 0 Å². The molecule has 1 aromatic heterocycles. The van der Waals surface area contributed by atoms with Gasteiger partial charge in [0.05, 0.1) is 16.8 Å². The van der Waals surface area contributed by atoms with Crippen molar-refractivity contribution < 1.29 is 8.42 Å². The maximum Gasteiger partial charge on any atom is 0.243 e. The second-order valence-corrected chi connectivity index (χ2v) is 11.0. The van der Waals surface area contributed by atoms with E-state index in [1.807, 2.05) is 23.6 Å². The van der Waals surface area contributed by atoms with E-state index >= 15 is 0 Å². The molecule has 0 saturated carbocycles. The zero-order chi connectivity index (χ0) is 24.0. The summed E-state index contributed by atoms with van der Waals surface area (Å²) in [5.41, 5.74) is 6.67. The van der Waals surface area contributed by atoms with Crippen LogP contribution in [0.4, 0.5) is 10.8 Å². The molecule has 4 rings (SSSR count). The first-order valence-corrected chi connectivity index (χ1v) is 14.0. The van der Waals surface area contributed by atoms with Gasteiger partial charge in [0.15, 0.2) is 0 Å². The lowest BCUT2D eigenvalue weighted by atomic mass is 10.2. The summed E-state index contributed by atoms with van der Waals surface area (Å²) in [6, 6.07) is 15.3. The number of thiazole rings is 1. The standard InChI is InChI=1S/C25H31N5O2S2/c1-3-29(4-2)22-13-11-20(12-14-22)18-26-28-25-27-24(19-33-25)21-9-8-10-23(17-21)34(31,32)30-15-6-5-7-16-30/h8-14,17-19H,3-7,15-16H2,1-2H3,(H,27,28). The summed E-state index contributed by atoms with van der Waals surface area (Å²) in [5.74, 6) is 0. The lowest BCUT2D eigenvalue weighted by molar-refractivity contribution is 0.346. The number of piperidine rings is 1. The Labute approximate surface area is 206 Å². The minimum absolute atomic E-state index is 0.320. The first-order valence-electron chi connectivity index (χ1n) is 11.7. The van der Waals surface area contributed by atoms with Gasteiger partial charge in [0.25, 0.3) is 0 Å². The fourth-order valence-electron chi connectivity index (χ4n) is 4.05. The van der Waals surface area contributed by atoms with Crippen LogP contribution in [0.1, 0.15) is 38.7 Å². The molecule has 0 spiro atoms. The van der Waals surface area contributed by atoms with E-state index in [1.165, 1.54) is 17.0 Å². The Hall–Kier alpha value is -2.75. The normalized spacial score (nSPS) is 15.0. The molecule has 3 aromatic rings. The summed E-state index contributed by atoms with van der Waals surface area (Å²) in [6.07, 6.45) is 4.69. The van der Waals surface area contributed by atoms with Gasteiger partial charge in [-0.25, -0.2) is 13.4 Å². The maximum absolute atomic E-state index is 13.0. The predicted molar refractivity (Wildman–Crippen MR) is 141 cm³/mol. The third kappa shape index (κ3) is 5.65. The highest BCUT2D eigenvalue weighted by atomic mass is 32.2. The summed E-state index contributed by atoms with van der Waals surface area (Å²) in [7, 11) is -3.48. The summed E-state index contributed by atoms with van der Waals surface area (Å²) >= 11 is 1.43. The molecule has 0 amide bonds. The van der Waals surface area contributed by atoms with Crippen molar-refractivity contribution in [1.29, 1.82) is 0 Å². The maximum atomic E-state index is 13.0. The predicted octanol–water partition coefficient (Wildman–Crippen LogP) is 5.28. The summed E-state index contributed by atoms with van der Waals surface area (Å²) in [5, 5.41) is 6.86. The van der Waals surface area contributed by atoms with E-state index in [9.17, 15) is 8.42 Å². The molecule has 1 N–H and O–H groups in total. The van der Waals surface area contributed by atoms with Crippen molar-refractivity contribution in [2.24, 2.45) is 5.10 Å². The van der Waals surface area contributed by atoms with Crippen LogP contribution in [-0.2, 0) is 10.0 Å². The average Bonchev–Trinajstić information content (AvgIpc) is 3.35. The van der Waals surface area contributed by atoms with Crippen LogP contribution < -0.4 is 10.3 Å². The molecule has 9 heteroatoms. The van der Waals surface area contributed by atoms with E-state index in [1.54, 1.807) is 28.7 Å². The van der Waals surface area contributed by atoms with Gasteiger partial charge in [0, 0.05) is 42.8 Å². The second-order valence-electron chi connectivity index (χ2n) is 8.16. The number of rotatable bonds is 9. The first kappa shape index (κ1) is 24.4. The van der Waals surface area contributed by atoms with Crippen LogP contribution in [-0.4, -0.2) is 50.1 Å². The molecule has 2 aromatic carbocycles. The quantitative estimate of drug-likeness (QED) is 0.322. The van der Waals surface area contributed by atoms with E-state index in [-0.39, 0.29) is 0 Å². The molecule has 7 nitrogen and oxygen atoms in total. The van der Waals surface area contributed by atoms with E-state index < -0.39 is 10.0 Å². The van der Waals surface area contributed by atoms with Crippen molar-refractivity contribution >= 4 is 38.4 Å². The second kappa shape index (κ2) is 11.1. The van der Waals surface area contributed by atoms with Crippen molar-refractivity contribution in [1.82, 2.24) is 9.29 Å². The third-order valence-electron chi connectivity index (χ3n) is 5.98. The molecular weight excluding hydrogens is 466 g/mol. The number of sulfonamides is 1. The Kier molecular flexibility index (Phi) is 7.97. The zero-order valence-electron chi connectivity index (χ0n) is 19.6. The van der Waals surface area contributed by atoms with Crippen molar-refractivity contribution in [3.63, 3.8) is 0 Å². The molecule has 1 fully saturated rings. The molecule has 0 unspecified atom stereocenters. The van der Waals surface area contributed by atoms with Crippen molar-refractivity contribution in [3.8, 4) is 11.3 Å². The topological polar surface area (TPSA) is 77.9 Å². The van der Waals surface area contributed by atoms with Gasteiger partial charge in [0.1, 0.15) is 0 Å². The highest BCUT2D eigenvalue weighted by molar-refractivity contribution is 7.89. The molecular formula is C25H31N5O2S2. The number of benzene rings is 2. The molecule has 1 aliphatic rings. The van der Waals surface area contributed by atoms with Crippen LogP contribution in [0.5, 0.6) is 0 Å². The van der Waals surface area contributed by atoms with Gasteiger partial charge in [-0.1, -0.05) is 30.7 Å². The van der Waals surface area contributed by atoms with Gasteiger partial charge in [-0.2, -0.15) is 9.41 Å². The Balaban J connectivity index is 1.42. The van der Waals surface area contributed by atoms with Gasteiger partial charge in [-0.05, 0) is 56.5 Å². The molecule has 2 heterocycles. The number of anilines is 2. The summed E-state index contributed by atoms with van der Waals surface area (Å²) in [4.78, 5) is 7.20. The highest BCUT2D eigenvalue weighted by Crippen LogP contribution is 2.28. The summed E-state index contributed by atoms with van der Waals surface area (Å²) < 4.78 is 27.6. The van der Waals surface area contributed by atoms with Gasteiger partial charge < -0.3 is 4.90 Å². The zero-order valence-corrected chi connectivity index (χ0v) is 21.3. The minimum Gasteiger partial charge on any atom is -0.372 e. The van der Waals surface area contributed by atoms with E-state index in [4.69, 9.17) is 0 Å². The van der Waals surface area contributed by atoms with Crippen LogP contribution in [0.3, 0.4) is 0 Å². The van der Waals surface area contributed by atoms with Crippen LogP contribution in [0, 0.1) is 0 Å². The number of nitrogens with zero attached hydrogens (tertiary/aromatic N) is 4. The molecule has 0 aliphatic carbocycles. The van der Waals surface area contributed by atoms with Gasteiger partial charge in [0.2, 0.25) is 15.2 Å². The van der Waals surface area contributed by atoms with E-state index in [0.29, 0.717) is 23.1 Å². The Morgan fingerprint density at radius 2 is 1.82 bits per heavy atom. The highest BCUT2D eigenvalue weighted by Gasteiger charge is 2.26. The molecule has 0 radical (unpaired) electrons. The smallest absolute Gasteiger partial charge is 0.243 e. The van der Waals surface area contributed by atoms with Crippen LogP contribution in [0.2, 0.25) is 0 Å². The fraction of sp³-hybridized carbons (Fsp3) is 0.360. The lowest BCUT2D eigenvalue weighted by Crippen LogP contribution is -2.35. The average molecular weight is 498 g/mol. The Morgan fingerprint density at radius 3 is 2.53 bits per heavy atom. The molecule has 1 aliphatic heterocycles. The largest absolute Gasteiger partial charge is 0.372 e. The number of aromatic nitrogens is 1. The van der Waals surface area contributed by atoms with Crippen LogP contribution >= 0.6 is 11.3 Å². The van der Waals surface area contributed by atoms with E-state index in [0.717, 1.165) is 49.2 Å². The first-order chi connectivity index (χ1) is 16.5. The van der Waals surface area contributed by atoms with Crippen LogP contribution in [0.25, 0.3) is 11.3 Å². The number of nitrogens with one attached hydrogen (secondary N) is 1. The summed E-state index contributed by atoms with van der Waals surface area (Å²) in [6.45, 7) is 7.43. The van der Waals surface area contributed by atoms with Gasteiger partial charge in [-0.3, -0.25) is 5.43 Å². The number of hydrogen-bond acceptors (Lipinski definition) is 7. The van der Waals surface area contributed by atoms with Gasteiger partial charge in [-0.15, -0.1) is 11.3 Å². The molecule has 34 heavy (non-hydrogen) atoms. The molecule has 180 valence electrons. The number of hydrazone groups is 1. The third-order valence-corrected chi connectivity index (χ3v) is 8.62. The SMILES string of the molecule is CCN(CC)c1ccc(C=NNc2nc(-c3cccc(S(=O)(=O)N4CCCCC4)c3)cs2)cc1. The van der Waals surface area contributed by atoms with Crippen LogP contribution in [0.15, 0.2) is 63.9 Å². The fourth-order valence-corrected chi connectivity index (χ4v) is 6.28. The van der Waals surface area contributed by atoms with E-state index in [2.05, 4.69) is 46.4 Å². The van der Waals surface area contributed by atoms with Crippen molar-refractivity contribution in [2.45, 2.75) is 38.0 Å². The molecule has 0 atom stereocenters. The Bertz CT molecular complexity index is 1210. The van der Waals surface area contributed by atoms with Crippen molar-refractivity contribution in [2.75, 3.05) is 36.5 Å². The minimum atomic E-state index is -3.48. The Morgan fingerprint density at radius 1 is 1.09 bits per heavy atom. The molecule has 0 bridgehead atoms. The number of hydrogen-bond donors (Lipinski definition) is 1. The monoisotopic (exact) mass is 497 g/mol. The lowest BCUT2D eigenvalue weighted by Gasteiger charge is -2.26. The van der Waals surface area contributed by atoms with Crippen molar-refractivity contribution in [3.05, 3.63) is 59.5 Å².